The predicted molar refractivity (Wildman–Crippen MR) is 84.2 cm³/mol. The minimum atomic E-state index is -1.55. The molecule has 1 heterocycles. The van der Waals surface area contributed by atoms with Gasteiger partial charge in [-0.3, -0.25) is 0 Å². The van der Waals surface area contributed by atoms with Crippen LogP contribution < -0.4 is 9.47 Å². The van der Waals surface area contributed by atoms with Crippen molar-refractivity contribution < 1.29 is 44.5 Å². The maximum Gasteiger partial charge on any atom is 0.187 e. The van der Waals surface area contributed by atoms with Crippen LogP contribution in [0.3, 0.4) is 0 Å². The van der Waals surface area contributed by atoms with Crippen molar-refractivity contribution >= 4 is 0 Å². The standard InChI is InChI=1S/C16H24O9/c1-22-9-4-3-8(5-10(9)23-2)11(6-17)24-16-15(21)14(20)13(19)12(7-18)25-16/h3-5,11-21H,6-7H2,1-2H3. The average Bonchev–Trinajstić information content (AvgIpc) is 2.65. The summed E-state index contributed by atoms with van der Waals surface area (Å²) in [5, 5.41) is 48.4. The Balaban J connectivity index is 2.18. The number of methoxy groups -OCH3 is 2. The Labute approximate surface area is 145 Å². The van der Waals surface area contributed by atoms with Gasteiger partial charge < -0.3 is 44.5 Å². The van der Waals surface area contributed by atoms with E-state index in [4.69, 9.17) is 18.9 Å². The molecule has 9 nitrogen and oxygen atoms in total. The fourth-order valence-electron chi connectivity index (χ4n) is 2.62. The van der Waals surface area contributed by atoms with Crippen LogP contribution in [0.4, 0.5) is 0 Å². The molecule has 1 aromatic carbocycles. The van der Waals surface area contributed by atoms with Crippen molar-refractivity contribution in [3.63, 3.8) is 0 Å². The van der Waals surface area contributed by atoms with E-state index in [1.165, 1.54) is 14.2 Å². The molecule has 1 aliphatic heterocycles. The first-order valence-corrected chi connectivity index (χ1v) is 7.75. The second-order valence-electron chi connectivity index (χ2n) is 5.62. The van der Waals surface area contributed by atoms with E-state index in [1.807, 2.05) is 0 Å². The molecule has 5 N–H and O–H groups in total. The summed E-state index contributed by atoms with van der Waals surface area (Å²) in [6.45, 7) is -1.00. The molecule has 1 fully saturated rings. The van der Waals surface area contributed by atoms with Crippen LogP contribution in [-0.2, 0) is 9.47 Å². The zero-order valence-corrected chi connectivity index (χ0v) is 14.0. The van der Waals surface area contributed by atoms with Gasteiger partial charge in [0.25, 0.3) is 0 Å². The number of rotatable bonds is 7. The van der Waals surface area contributed by atoms with Crippen LogP contribution in [0.1, 0.15) is 11.7 Å². The summed E-state index contributed by atoms with van der Waals surface area (Å²) in [5.41, 5.74) is 0.525. The summed E-state index contributed by atoms with van der Waals surface area (Å²) < 4.78 is 21.2. The maximum atomic E-state index is 10.0. The Morgan fingerprint density at radius 1 is 1.00 bits per heavy atom. The third-order valence-corrected chi connectivity index (χ3v) is 4.09. The van der Waals surface area contributed by atoms with E-state index in [2.05, 4.69) is 0 Å². The minimum absolute atomic E-state index is 0.427. The van der Waals surface area contributed by atoms with Gasteiger partial charge in [-0.15, -0.1) is 0 Å². The lowest BCUT2D eigenvalue weighted by atomic mass is 9.99. The van der Waals surface area contributed by atoms with Gasteiger partial charge in [0.2, 0.25) is 0 Å². The molecule has 1 aliphatic rings. The molecule has 1 aromatic rings. The molecule has 25 heavy (non-hydrogen) atoms. The van der Waals surface area contributed by atoms with Crippen molar-refractivity contribution in [3.05, 3.63) is 23.8 Å². The van der Waals surface area contributed by atoms with E-state index < -0.39 is 50.0 Å². The summed E-state index contributed by atoms with van der Waals surface area (Å²) >= 11 is 0. The molecule has 6 atom stereocenters. The van der Waals surface area contributed by atoms with Gasteiger partial charge in [-0.05, 0) is 17.7 Å². The SMILES string of the molecule is COc1ccc(C(CO)OC2OC(CO)C(O)C(O)C2O)cc1OC. The smallest absolute Gasteiger partial charge is 0.187 e. The Bertz CT molecular complexity index is 550. The molecule has 0 aromatic heterocycles. The van der Waals surface area contributed by atoms with Gasteiger partial charge in [0.05, 0.1) is 27.4 Å². The lowest BCUT2D eigenvalue weighted by Crippen LogP contribution is -2.59. The molecule has 1 saturated heterocycles. The molecule has 0 amide bonds. The number of aliphatic hydroxyl groups excluding tert-OH is 5. The number of hydrogen-bond donors (Lipinski definition) is 5. The number of benzene rings is 1. The van der Waals surface area contributed by atoms with Crippen LogP contribution in [0, 0.1) is 0 Å². The van der Waals surface area contributed by atoms with Gasteiger partial charge in [0, 0.05) is 0 Å². The largest absolute Gasteiger partial charge is 0.493 e. The lowest BCUT2D eigenvalue weighted by Gasteiger charge is -2.40. The van der Waals surface area contributed by atoms with Gasteiger partial charge >= 0.3 is 0 Å². The second kappa shape index (κ2) is 8.77. The quantitative estimate of drug-likeness (QED) is 0.395. The van der Waals surface area contributed by atoms with E-state index in [9.17, 15) is 25.5 Å². The third kappa shape index (κ3) is 4.21. The summed E-state index contributed by atoms with van der Waals surface area (Å²) in [6, 6.07) is 4.88. The highest BCUT2D eigenvalue weighted by Gasteiger charge is 2.44. The first-order chi connectivity index (χ1) is 12.0. The number of aliphatic hydroxyl groups is 5. The van der Waals surface area contributed by atoms with Crippen molar-refractivity contribution in [2.45, 2.75) is 36.8 Å². The summed E-state index contributed by atoms with van der Waals surface area (Å²) in [4.78, 5) is 0. The molecular formula is C16H24O9. The third-order valence-electron chi connectivity index (χ3n) is 4.09. The average molecular weight is 360 g/mol. The van der Waals surface area contributed by atoms with Gasteiger partial charge in [-0.2, -0.15) is 0 Å². The minimum Gasteiger partial charge on any atom is -0.493 e. The predicted octanol–water partition coefficient (Wildman–Crippen LogP) is -1.45. The molecule has 0 aliphatic carbocycles. The topological polar surface area (TPSA) is 138 Å². The Hall–Kier alpha value is -1.46. The molecule has 9 heteroatoms. The van der Waals surface area contributed by atoms with Gasteiger partial charge in [0.1, 0.15) is 30.5 Å². The molecule has 6 unspecified atom stereocenters. The summed E-state index contributed by atoms with van der Waals surface area (Å²) in [6.07, 6.45) is -7.92. The van der Waals surface area contributed by atoms with Crippen LogP contribution in [0.2, 0.25) is 0 Å². The van der Waals surface area contributed by atoms with Gasteiger partial charge in [0.15, 0.2) is 17.8 Å². The van der Waals surface area contributed by atoms with Crippen molar-refractivity contribution in [1.82, 2.24) is 0 Å². The highest BCUT2D eigenvalue weighted by molar-refractivity contribution is 5.43. The van der Waals surface area contributed by atoms with E-state index in [0.717, 1.165) is 0 Å². The van der Waals surface area contributed by atoms with Crippen molar-refractivity contribution in [2.75, 3.05) is 27.4 Å². The van der Waals surface area contributed by atoms with Crippen molar-refractivity contribution in [1.29, 1.82) is 0 Å². The Morgan fingerprint density at radius 2 is 1.68 bits per heavy atom. The maximum absolute atomic E-state index is 10.0. The molecule has 0 bridgehead atoms. The first kappa shape index (κ1) is 19.9. The summed E-state index contributed by atoms with van der Waals surface area (Å²) in [5.74, 6) is 0.923. The number of hydrogen-bond acceptors (Lipinski definition) is 9. The lowest BCUT2D eigenvalue weighted by molar-refractivity contribution is -0.314. The zero-order chi connectivity index (χ0) is 18.6. The highest BCUT2D eigenvalue weighted by Crippen LogP contribution is 2.33. The molecular weight excluding hydrogens is 336 g/mol. The van der Waals surface area contributed by atoms with Crippen LogP contribution in [0.25, 0.3) is 0 Å². The van der Waals surface area contributed by atoms with E-state index in [-0.39, 0.29) is 0 Å². The highest BCUT2D eigenvalue weighted by atomic mass is 16.7. The van der Waals surface area contributed by atoms with Gasteiger partial charge in [-0.25, -0.2) is 0 Å². The van der Waals surface area contributed by atoms with Crippen LogP contribution >= 0.6 is 0 Å². The van der Waals surface area contributed by atoms with Crippen LogP contribution in [0.15, 0.2) is 18.2 Å². The van der Waals surface area contributed by atoms with Crippen molar-refractivity contribution in [3.8, 4) is 11.5 Å². The fraction of sp³-hybridized carbons (Fsp3) is 0.625. The first-order valence-electron chi connectivity index (χ1n) is 7.75. The van der Waals surface area contributed by atoms with E-state index in [1.54, 1.807) is 18.2 Å². The molecule has 142 valence electrons. The van der Waals surface area contributed by atoms with Crippen molar-refractivity contribution in [2.24, 2.45) is 0 Å². The summed E-state index contributed by atoms with van der Waals surface area (Å²) in [7, 11) is 2.96. The fourth-order valence-corrected chi connectivity index (χ4v) is 2.62. The normalized spacial score (nSPS) is 30.8. The van der Waals surface area contributed by atoms with Gasteiger partial charge in [-0.1, -0.05) is 6.07 Å². The number of ether oxygens (including phenoxy) is 4. The molecule has 0 radical (unpaired) electrons. The van der Waals surface area contributed by atoms with Crippen LogP contribution in [-0.4, -0.2) is 83.7 Å². The molecule has 0 spiro atoms. The van der Waals surface area contributed by atoms with E-state index in [0.29, 0.717) is 17.1 Å². The Morgan fingerprint density at radius 3 is 2.24 bits per heavy atom. The second-order valence-corrected chi connectivity index (χ2v) is 5.62. The zero-order valence-electron chi connectivity index (χ0n) is 14.0. The molecule has 2 rings (SSSR count). The Kier molecular flexibility index (Phi) is 6.96. The van der Waals surface area contributed by atoms with Crippen LogP contribution in [0.5, 0.6) is 11.5 Å². The monoisotopic (exact) mass is 360 g/mol. The molecule has 0 saturated carbocycles. The van der Waals surface area contributed by atoms with E-state index >= 15 is 0 Å².